The Morgan fingerprint density at radius 2 is 2.20 bits per heavy atom. The smallest absolute Gasteiger partial charge is 0.261 e. The highest BCUT2D eigenvalue weighted by Crippen LogP contribution is 2.25. The molecule has 1 N–H and O–H groups in total. The van der Waals surface area contributed by atoms with E-state index in [1.807, 2.05) is 6.07 Å². The third-order valence-corrected chi connectivity index (χ3v) is 2.88. The molecule has 0 aliphatic carbocycles. The number of hydrogen-bond acceptors (Lipinski definition) is 5. The summed E-state index contributed by atoms with van der Waals surface area (Å²) in [5.41, 5.74) is 3.85. The molecule has 6 nitrogen and oxygen atoms in total. The number of nitrogens with zero attached hydrogens (tertiary/aromatic N) is 3. The average Bonchev–Trinajstić information content (AvgIpc) is 2.46. The molecule has 0 unspecified atom stereocenters. The third-order valence-electron chi connectivity index (χ3n) is 2.56. The molecule has 0 aliphatic rings. The molecule has 2 rings (SSSR count). The Balaban J connectivity index is 2.23. The molecule has 0 aliphatic heterocycles. The highest BCUT2D eigenvalue weighted by atomic mass is 35.5. The highest BCUT2D eigenvalue weighted by Gasteiger charge is 2.13. The minimum absolute atomic E-state index is 0.101. The largest absolute Gasteiger partial charge is 0.288 e. The maximum absolute atomic E-state index is 10.8. The van der Waals surface area contributed by atoms with Crippen LogP contribution in [0.3, 0.4) is 0 Å². The van der Waals surface area contributed by atoms with Crippen molar-refractivity contribution in [2.45, 2.75) is 6.92 Å². The van der Waals surface area contributed by atoms with Crippen LogP contribution in [-0.2, 0) is 0 Å². The van der Waals surface area contributed by atoms with Crippen molar-refractivity contribution in [2.24, 2.45) is 5.10 Å². The first-order valence-corrected chi connectivity index (χ1v) is 6.11. The fraction of sp³-hybridized carbons (Fsp3) is 0.0769. The van der Waals surface area contributed by atoms with E-state index in [-0.39, 0.29) is 10.7 Å². The summed E-state index contributed by atoms with van der Waals surface area (Å²) in [6.07, 6.45) is 1.64. The Labute approximate surface area is 120 Å². The van der Waals surface area contributed by atoms with E-state index >= 15 is 0 Å². The molecule has 102 valence electrons. The summed E-state index contributed by atoms with van der Waals surface area (Å²) in [4.78, 5) is 14.4. The summed E-state index contributed by atoms with van der Waals surface area (Å²) in [5.74, 6) is 0.593. The van der Waals surface area contributed by atoms with Crippen molar-refractivity contribution in [2.75, 3.05) is 5.43 Å². The number of aromatic nitrogens is 1. The minimum Gasteiger partial charge on any atom is -0.261 e. The fourth-order valence-corrected chi connectivity index (χ4v) is 1.70. The Kier molecular flexibility index (Phi) is 4.27. The molecule has 0 amide bonds. The number of nitro groups is 1. The van der Waals surface area contributed by atoms with Crippen LogP contribution >= 0.6 is 11.6 Å². The maximum atomic E-state index is 10.8. The van der Waals surface area contributed by atoms with Gasteiger partial charge in [-0.05, 0) is 25.1 Å². The van der Waals surface area contributed by atoms with Crippen molar-refractivity contribution < 1.29 is 4.92 Å². The van der Waals surface area contributed by atoms with Crippen molar-refractivity contribution in [3.05, 3.63) is 63.3 Å². The number of nitro benzene ring substituents is 1. The summed E-state index contributed by atoms with van der Waals surface area (Å²) in [6, 6.07) is 9.93. The standard InChI is InChI=1S/C13H11ClN4O2/c1-9(16-17-13-4-2-3-7-15-13)10-5-6-11(14)12(8-10)18(19)20/h2-8H,1H3,(H,15,17)/b16-9-. The van der Waals surface area contributed by atoms with Gasteiger partial charge in [0.05, 0.1) is 10.6 Å². The van der Waals surface area contributed by atoms with E-state index in [0.29, 0.717) is 17.1 Å². The van der Waals surface area contributed by atoms with Gasteiger partial charge in [0.15, 0.2) is 0 Å². The van der Waals surface area contributed by atoms with Crippen LogP contribution in [0.2, 0.25) is 5.02 Å². The second-order valence-corrected chi connectivity index (χ2v) is 4.35. The number of pyridine rings is 1. The number of halogens is 1. The van der Waals surface area contributed by atoms with Gasteiger partial charge in [-0.1, -0.05) is 23.7 Å². The van der Waals surface area contributed by atoms with Gasteiger partial charge in [0.2, 0.25) is 0 Å². The number of hydrazone groups is 1. The predicted octanol–water partition coefficient (Wildman–Crippen LogP) is 3.48. The average molecular weight is 291 g/mol. The number of anilines is 1. The summed E-state index contributed by atoms with van der Waals surface area (Å²) in [6.45, 7) is 1.74. The van der Waals surface area contributed by atoms with Crippen molar-refractivity contribution in [3.63, 3.8) is 0 Å². The molecule has 0 radical (unpaired) electrons. The molecule has 0 spiro atoms. The topological polar surface area (TPSA) is 80.4 Å². The lowest BCUT2D eigenvalue weighted by molar-refractivity contribution is -0.384. The molecule has 1 heterocycles. The van der Waals surface area contributed by atoms with Crippen LogP contribution in [0.4, 0.5) is 11.5 Å². The zero-order valence-electron chi connectivity index (χ0n) is 10.6. The first-order chi connectivity index (χ1) is 9.58. The Hall–Kier alpha value is -2.47. The van der Waals surface area contributed by atoms with Crippen molar-refractivity contribution in [1.82, 2.24) is 4.98 Å². The molecular formula is C13H11ClN4O2. The van der Waals surface area contributed by atoms with Crippen molar-refractivity contribution >= 4 is 28.8 Å². The molecule has 1 aromatic carbocycles. The van der Waals surface area contributed by atoms with E-state index in [1.165, 1.54) is 12.1 Å². The van der Waals surface area contributed by atoms with Gasteiger partial charge in [-0.25, -0.2) is 4.98 Å². The zero-order valence-corrected chi connectivity index (χ0v) is 11.3. The second-order valence-electron chi connectivity index (χ2n) is 3.95. The lowest BCUT2D eigenvalue weighted by atomic mass is 10.1. The Bertz CT molecular complexity index is 659. The number of rotatable bonds is 4. The van der Waals surface area contributed by atoms with Gasteiger partial charge in [0.25, 0.3) is 5.69 Å². The van der Waals surface area contributed by atoms with Gasteiger partial charge in [-0.2, -0.15) is 5.10 Å². The second kappa shape index (κ2) is 6.12. The fourth-order valence-electron chi connectivity index (χ4n) is 1.51. The van der Waals surface area contributed by atoms with Crippen molar-refractivity contribution in [1.29, 1.82) is 0 Å². The van der Waals surface area contributed by atoms with Gasteiger partial charge in [-0.3, -0.25) is 15.5 Å². The molecule has 7 heteroatoms. The van der Waals surface area contributed by atoms with Gasteiger partial charge in [0.1, 0.15) is 10.8 Å². The summed E-state index contributed by atoms with van der Waals surface area (Å²) in [7, 11) is 0. The van der Waals surface area contributed by atoms with Crippen LogP contribution in [0.5, 0.6) is 0 Å². The van der Waals surface area contributed by atoms with Gasteiger partial charge in [-0.15, -0.1) is 0 Å². The maximum Gasteiger partial charge on any atom is 0.288 e. The monoisotopic (exact) mass is 290 g/mol. The molecule has 0 fully saturated rings. The van der Waals surface area contributed by atoms with Crippen LogP contribution < -0.4 is 5.43 Å². The van der Waals surface area contributed by atoms with Crippen LogP contribution in [0.15, 0.2) is 47.7 Å². The number of hydrogen-bond donors (Lipinski definition) is 1. The number of nitrogens with one attached hydrogen (secondary N) is 1. The lowest BCUT2D eigenvalue weighted by Crippen LogP contribution is -2.01. The Morgan fingerprint density at radius 3 is 2.85 bits per heavy atom. The first kappa shape index (κ1) is 14.0. The predicted molar refractivity (Wildman–Crippen MR) is 78.2 cm³/mol. The summed E-state index contributed by atoms with van der Waals surface area (Å²) in [5, 5.41) is 15.1. The first-order valence-electron chi connectivity index (χ1n) is 5.73. The lowest BCUT2D eigenvalue weighted by Gasteiger charge is -2.03. The molecule has 20 heavy (non-hydrogen) atoms. The molecule has 0 atom stereocenters. The Morgan fingerprint density at radius 1 is 1.40 bits per heavy atom. The summed E-state index contributed by atoms with van der Waals surface area (Å²) >= 11 is 5.76. The quantitative estimate of drug-likeness (QED) is 0.531. The van der Waals surface area contributed by atoms with Gasteiger partial charge >= 0.3 is 0 Å². The SMILES string of the molecule is C/C(=N/Nc1ccccn1)c1ccc(Cl)c([N+](=O)[O-])c1. The van der Waals surface area contributed by atoms with E-state index in [2.05, 4.69) is 15.5 Å². The molecule has 0 saturated carbocycles. The van der Waals surface area contributed by atoms with E-state index in [1.54, 1.807) is 31.3 Å². The number of benzene rings is 1. The third kappa shape index (κ3) is 3.30. The molecule has 1 aromatic heterocycles. The van der Waals surface area contributed by atoms with E-state index < -0.39 is 4.92 Å². The summed E-state index contributed by atoms with van der Waals surface area (Å²) < 4.78 is 0. The van der Waals surface area contributed by atoms with Gasteiger partial charge < -0.3 is 0 Å². The molecule has 0 saturated heterocycles. The van der Waals surface area contributed by atoms with Crippen LogP contribution in [-0.4, -0.2) is 15.6 Å². The van der Waals surface area contributed by atoms with Crippen LogP contribution in [0, 0.1) is 10.1 Å². The molecular weight excluding hydrogens is 280 g/mol. The normalized spacial score (nSPS) is 11.2. The minimum atomic E-state index is -0.523. The molecule has 2 aromatic rings. The van der Waals surface area contributed by atoms with Gasteiger partial charge in [0, 0.05) is 17.8 Å². The zero-order chi connectivity index (χ0) is 14.5. The highest BCUT2D eigenvalue weighted by molar-refractivity contribution is 6.32. The van der Waals surface area contributed by atoms with Crippen LogP contribution in [0.1, 0.15) is 12.5 Å². The molecule has 0 bridgehead atoms. The van der Waals surface area contributed by atoms with E-state index in [0.717, 1.165) is 0 Å². The van der Waals surface area contributed by atoms with Crippen molar-refractivity contribution in [3.8, 4) is 0 Å². The van der Waals surface area contributed by atoms with E-state index in [9.17, 15) is 10.1 Å². The van der Waals surface area contributed by atoms with E-state index in [4.69, 9.17) is 11.6 Å². The van der Waals surface area contributed by atoms with Crippen LogP contribution in [0.25, 0.3) is 0 Å².